The van der Waals surface area contributed by atoms with E-state index >= 15 is 0 Å². The van der Waals surface area contributed by atoms with Gasteiger partial charge in [0.15, 0.2) is 0 Å². The van der Waals surface area contributed by atoms with Crippen molar-refractivity contribution in [3.05, 3.63) is 77.1 Å². The Bertz CT molecular complexity index is 1070. The molecule has 0 aliphatic rings. The quantitative estimate of drug-likeness (QED) is 0.373. The lowest BCUT2D eigenvalue weighted by atomic mass is 9.98. The van der Waals surface area contributed by atoms with Crippen molar-refractivity contribution < 1.29 is 19.1 Å². The first-order valence-electron chi connectivity index (χ1n) is 9.29. The van der Waals surface area contributed by atoms with Crippen molar-refractivity contribution in [3.63, 3.8) is 0 Å². The maximum absolute atomic E-state index is 13.0. The van der Waals surface area contributed by atoms with Crippen molar-refractivity contribution >= 4 is 23.3 Å². The van der Waals surface area contributed by atoms with Gasteiger partial charge in [-0.25, -0.2) is 4.79 Å². The van der Waals surface area contributed by atoms with Crippen LogP contribution in [0.5, 0.6) is 0 Å². The van der Waals surface area contributed by atoms with Gasteiger partial charge in [-0.3, -0.25) is 9.59 Å². The molecule has 6 heteroatoms. The average Bonchev–Trinajstić information content (AvgIpc) is 3.05. The predicted molar refractivity (Wildman–Crippen MR) is 111 cm³/mol. The molecule has 148 valence electrons. The molecule has 1 heterocycles. The SMILES string of the molecule is CCOC(=O)c1c(C)[nH]c(C(=O)C(=O)Nc2cccc(C)c2)c1-c1ccccc1. The zero-order valence-corrected chi connectivity index (χ0v) is 16.5. The van der Waals surface area contributed by atoms with Crippen molar-refractivity contribution in [2.24, 2.45) is 0 Å². The monoisotopic (exact) mass is 390 g/mol. The summed E-state index contributed by atoms with van der Waals surface area (Å²) in [6, 6.07) is 16.2. The van der Waals surface area contributed by atoms with Gasteiger partial charge in [0.25, 0.3) is 11.7 Å². The maximum Gasteiger partial charge on any atom is 0.340 e. The third-order valence-electron chi connectivity index (χ3n) is 4.44. The number of esters is 1. The maximum atomic E-state index is 13.0. The number of carbonyl (C=O) groups excluding carboxylic acids is 3. The first-order chi connectivity index (χ1) is 13.9. The van der Waals surface area contributed by atoms with Crippen molar-refractivity contribution in [1.29, 1.82) is 0 Å². The molecule has 0 saturated carbocycles. The number of aromatic nitrogens is 1. The van der Waals surface area contributed by atoms with Crippen molar-refractivity contribution in [2.45, 2.75) is 20.8 Å². The van der Waals surface area contributed by atoms with Gasteiger partial charge in [-0.15, -0.1) is 0 Å². The third-order valence-corrected chi connectivity index (χ3v) is 4.44. The van der Waals surface area contributed by atoms with Crippen LogP contribution in [0.15, 0.2) is 54.6 Å². The Morgan fingerprint density at radius 2 is 1.72 bits per heavy atom. The summed E-state index contributed by atoms with van der Waals surface area (Å²) in [6.07, 6.45) is 0. The lowest BCUT2D eigenvalue weighted by Gasteiger charge is -2.08. The van der Waals surface area contributed by atoms with Crippen molar-refractivity contribution in [2.75, 3.05) is 11.9 Å². The summed E-state index contributed by atoms with van der Waals surface area (Å²) in [6.45, 7) is 5.48. The molecule has 0 atom stereocenters. The van der Waals surface area contributed by atoms with Crippen LogP contribution in [-0.2, 0) is 9.53 Å². The second-order valence-corrected chi connectivity index (χ2v) is 6.61. The van der Waals surface area contributed by atoms with E-state index in [1.807, 2.05) is 19.1 Å². The lowest BCUT2D eigenvalue weighted by molar-refractivity contribution is -0.112. The Morgan fingerprint density at radius 3 is 2.38 bits per heavy atom. The number of carbonyl (C=O) groups is 3. The summed E-state index contributed by atoms with van der Waals surface area (Å²) in [5.41, 5.74) is 3.28. The molecule has 0 fully saturated rings. The van der Waals surface area contributed by atoms with Gasteiger partial charge >= 0.3 is 5.97 Å². The first kappa shape index (κ1) is 20.1. The average molecular weight is 390 g/mol. The molecule has 29 heavy (non-hydrogen) atoms. The van der Waals surface area contributed by atoms with E-state index < -0.39 is 17.7 Å². The molecule has 3 aromatic rings. The summed E-state index contributed by atoms with van der Waals surface area (Å²) >= 11 is 0. The molecule has 0 spiro atoms. The van der Waals surface area contributed by atoms with Crippen molar-refractivity contribution in [1.82, 2.24) is 4.98 Å². The minimum atomic E-state index is -0.788. The van der Waals surface area contributed by atoms with Crippen LogP contribution in [0.2, 0.25) is 0 Å². The fourth-order valence-electron chi connectivity index (χ4n) is 3.17. The van der Waals surface area contributed by atoms with Gasteiger partial charge in [0.2, 0.25) is 0 Å². The highest BCUT2D eigenvalue weighted by atomic mass is 16.5. The lowest BCUT2D eigenvalue weighted by Crippen LogP contribution is -2.24. The minimum absolute atomic E-state index is 0.0573. The zero-order valence-electron chi connectivity index (χ0n) is 16.5. The summed E-state index contributed by atoms with van der Waals surface area (Å²) in [4.78, 5) is 41.1. The van der Waals surface area contributed by atoms with Crippen LogP contribution in [0, 0.1) is 13.8 Å². The summed E-state index contributed by atoms with van der Waals surface area (Å²) < 4.78 is 5.16. The third kappa shape index (κ3) is 4.27. The molecular formula is C23H22N2O4. The van der Waals surface area contributed by atoms with Gasteiger partial charge in [0.1, 0.15) is 5.69 Å². The predicted octanol–water partition coefficient (Wildman–Crippen LogP) is 4.30. The highest BCUT2D eigenvalue weighted by Crippen LogP contribution is 2.31. The van der Waals surface area contributed by atoms with Gasteiger partial charge in [0.05, 0.1) is 12.2 Å². The van der Waals surface area contributed by atoms with E-state index in [1.165, 1.54) is 0 Å². The Kier molecular flexibility index (Phi) is 5.93. The number of hydrogen-bond donors (Lipinski definition) is 2. The number of rotatable bonds is 6. The topological polar surface area (TPSA) is 88.3 Å². The number of amides is 1. The summed E-state index contributed by atoms with van der Waals surface area (Å²) in [5.74, 6) is -2.09. The highest BCUT2D eigenvalue weighted by Gasteiger charge is 2.29. The van der Waals surface area contributed by atoms with Crippen LogP contribution in [0.1, 0.15) is 39.0 Å². The Morgan fingerprint density at radius 1 is 1.00 bits per heavy atom. The molecule has 2 N–H and O–H groups in total. The molecule has 1 amide bonds. The van der Waals surface area contributed by atoms with Crippen LogP contribution >= 0.6 is 0 Å². The summed E-state index contributed by atoms with van der Waals surface area (Å²) in [7, 11) is 0. The highest BCUT2D eigenvalue weighted by molar-refractivity contribution is 6.47. The molecule has 2 aromatic carbocycles. The fourth-order valence-corrected chi connectivity index (χ4v) is 3.17. The number of hydrogen-bond acceptors (Lipinski definition) is 4. The van der Waals surface area contributed by atoms with Gasteiger partial charge in [-0.05, 0) is 44.0 Å². The van der Waals surface area contributed by atoms with E-state index in [0.717, 1.165) is 5.56 Å². The van der Waals surface area contributed by atoms with E-state index in [4.69, 9.17) is 4.74 Å². The molecule has 0 aliphatic carbocycles. The van der Waals surface area contributed by atoms with Gasteiger partial charge < -0.3 is 15.0 Å². The molecule has 3 rings (SSSR count). The van der Waals surface area contributed by atoms with Crippen LogP contribution in [0.25, 0.3) is 11.1 Å². The molecule has 0 radical (unpaired) electrons. The van der Waals surface area contributed by atoms with E-state index in [9.17, 15) is 14.4 Å². The van der Waals surface area contributed by atoms with Crippen LogP contribution < -0.4 is 5.32 Å². The fraction of sp³-hybridized carbons (Fsp3) is 0.174. The number of aromatic amines is 1. The number of H-pyrrole nitrogens is 1. The second-order valence-electron chi connectivity index (χ2n) is 6.61. The first-order valence-corrected chi connectivity index (χ1v) is 9.29. The number of anilines is 1. The molecule has 0 bridgehead atoms. The second kappa shape index (κ2) is 8.56. The van der Waals surface area contributed by atoms with E-state index in [-0.39, 0.29) is 17.9 Å². The molecular weight excluding hydrogens is 368 g/mol. The minimum Gasteiger partial charge on any atom is -0.462 e. The van der Waals surface area contributed by atoms with Crippen LogP contribution in [0.4, 0.5) is 5.69 Å². The number of ketones is 1. The Hall–Kier alpha value is -3.67. The molecule has 0 saturated heterocycles. The zero-order chi connectivity index (χ0) is 21.0. The molecule has 6 nitrogen and oxygen atoms in total. The standard InChI is InChI=1S/C23H22N2O4/c1-4-29-23(28)18-15(3)24-20(19(18)16-10-6-5-7-11-16)21(26)22(27)25-17-12-8-9-14(2)13-17/h5-13,24H,4H2,1-3H3,(H,25,27). The van der Waals surface area contributed by atoms with Crippen LogP contribution in [0.3, 0.4) is 0 Å². The smallest absolute Gasteiger partial charge is 0.340 e. The number of benzene rings is 2. The summed E-state index contributed by atoms with van der Waals surface area (Å²) in [5, 5.41) is 2.62. The van der Waals surface area contributed by atoms with E-state index in [1.54, 1.807) is 56.3 Å². The van der Waals surface area contributed by atoms with Crippen LogP contribution in [-0.4, -0.2) is 29.3 Å². The Labute approximate surface area is 168 Å². The Balaban J connectivity index is 2.04. The number of Topliss-reactive ketones (excluding diaryl/α,β-unsaturated/α-hetero) is 1. The number of ether oxygens (including phenoxy) is 1. The number of aryl methyl sites for hydroxylation is 2. The number of nitrogens with one attached hydrogen (secondary N) is 2. The largest absolute Gasteiger partial charge is 0.462 e. The molecule has 1 aromatic heterocycles. The van der Waals surface area contributed by atoms with E-state index in [0.29, 0.717) is 22.5 Å². The normalized spacial score (nSPS) is 10.4. The van der Waals surface area contributed by atoms with E-state index in [2.05, 4.69) is 10.3 Å². The molecule has 0 unspecified atom stereocenters. The van der Waals surface area contributed by atoms with Gasteiger partial charge in [-0.1, -0.05) is 42.5 Å². The van der Waals surface area contributed by atoms with Crippen molar-refractivity contribution in [3.8, 4) is 11.1 Å². The molecule has 0 aliphatic heterocycles. The van der Waals surface area contributed by atoms with Gasteiger partial charge in [-0.2, -0.15) is 0 Å². The van der Waals surface area contributed by atoms with Gasteiger partial charge in [0, 0.05) is 16.9 Å².